The lowest BCUT2D eigenvalue weighted by atomic mass is 10.2. The van der Waals surface area contributed by atoms with Crippen LogP contribution < -0.4 is 14.8 Å². The highest BCUT2D eigenvalue weighted by Crippen LogP contribution is 2.37. The first-order valence-electron chi connectivity index (χ1n) is 5.58. The summed E-state index contributed by atoms with van der Waals surface area (Å²) in [5.41, 5.74) is 0.489. The molecule has 0 aromatic heterocycles. The van der Waals surface area contributed by atoms with E-state index in [-0.39, 0.29) is 12.5 Å². The smallest absolute Gasteiger partial charge is 0.250 e. The topological polar surface area (TPSA) is 56.8 Å². The first-order chi connectivity index (χ1) is 8.70. The number of rotatable bonds is 3. The van der Waals surface area contributed by atoms with Gasteiger partial charge in [0, 0.05) is 25.7 Å². The Hall–Kier alpha value is -1.46. The minimum Gasteiger partial charge on any atom is -0.490 e. The molecule has 0 radical (unpaired) electrons. The van der Waals surface area contributed by atoms with Gasteiger partial charge in [0.15, 0.2) is 11.5 Å². The number of carbonyl (C=O) groups excluding carboxylic acids is 1. The summed E-state index contributed by atoms with van der Waals surface area (Å²) in [6, 6.07) is 3.31. The molecule has 1 aliphatic heterocycles. The van der Waals surface area contributed by atoms with Crippen molar-refractivity contribution in [3.8, 4) is 11.5 Å². The van der Waals surface area contributed by atoms with E-state index in [4.69, 9.17) is 25.8 Å². The fraction of sp³-hybridized carbons (Fsp3) is 0.417. The zero-order chi connectivity index (χ0) is 13.0. The molecule has 1 N–H and O–H groups in total. The van der Waals surface area contributed by atoms with Crippen molar-refractivity contribution in [3.63, 3.8) is 0 Å². The maximum Gasteiger partial charge on any atom is 0.250 e. The van der Waals surface area contributed by atoms with Crippen LogP contribution in [0.4, 0.5) is 5.69 Å². The van der Waals surface area contributed by atoms with E-state index in [0.717, 1.165) is 6.42 Å². The van der Waals surface area contributed by atoms with Crippen molar-refractivity contribution in [2.45, 2.75) is 6.42 Å². The zero-order valence-corrected chi connectivity index (χ0v) is 10.8. The largest absolute Gasteiger partial charge is 0.490 e. The lowest BCUT2D eigenvalue weighted by Gasteiger charge is -2.12. The molecule has 0 fully saturated rings. The monoisotopic (exact) mass is 271 g/mol. The van der Waals surface area contributed by atoms with E-state index in [1.165, 1.54) is 7.11 Å². The summed E-state index contributed by atoms with van der Waals surface area (Å²) in [5, 5.41) is 3.06. The van der Waals surface area contributed by atoms with Crippen LogP contribution in [0.3, 0.4) is 0 Å². The van der Waals surface area contributed by atoms with Crippen molar-refractivity contribution in [1.29, 1.82) is 0 Å². The summed E-state index contributed by atoms with van der Waals surface area (Å²) in [7, 11) is 1.45. The predicted octanol–water partition coefficient (Wildman–Crippen LogP) is 2.09. The van der Waals surface area contributed by atoms with Crippen molar-refractivity contribution in [2.75, 3.05) is 32.2 Å². The van der Waals surface area contributed by atoms with Gasteiger partial charge in [-0.15, -0.1) is 0 Å². The van der Waals surface area contributed by atoms with Gasteiger partial charge in [-0.25, -0.2) is 0 Å². The summed E-state index contributed by atoms with van der Waals surface area (Å²) < 4.78 is 15.7. The van der Waals surface area contributed by atoms with Gasteiger partial charge in [0.1, 0.15) is 6.61 Å². The summed E-state index contributed by atoms with van der Waals surface area (Å²) >= 11 is 6.07. The maximum atomic E-state index is 11.4. The third kappa shape index (κ3) is 3.05. The Morgan fingerprint density at radius 3 is 2.72 bits per heavy atom. The van der Waals surface area contributed by atoms with E-state index in [1.807, 2.05) is 0 Å². The van der Waals surface area contributed by atoms with Crippen molar-refractivity contribution in [3.05, 3.63) is 17.2 Å². The molecule has 1 amide bonds. The Labute approximate surface area is 110 Å². The fourth-order valence-electron chi connectivity index (χ4n) is 1.60. The summed E-state index contributed by atoms with van der Waals surface area (Å²) in [4.78, 5) is 11.4. The van der Waals surface area contributed by atoms with E-state index >= 15 is 0 Å². The normalized spacial score (nSPS) is 13.9. The van der Waals surface area contributed by atoms with Gasteiger partial charge in [-0.2, -0.15) is 0 Å². The number of methoxy groups -OCH3 is 1. The number of nitrogens with one attached hydrogen (secondary N) is 1. The van der Waals surface area contributed by atoms with Crippen molar-refractivity contribution in [2.24, 2.45) is 0 Å². The molecule has 5 nitrogen and oxygen atoms in total. The second-order valence-electron chi connectivity index (χ2n) is 3.81. The Bertz CT molecular complexity index is 450. The highest BCUT2D eigenvalue weighted by molar-refractivity contribution is 6.34. The Morgan fingerprint density at radius 2 is 2.06 bits per heavy atom. The second kappa shape index (κ2) is 5.93. The predicted molar refractivity (Wildman–Crippen MR) is 67.6 cm³/mol. The van der Waals surface area contributed by atoms with Gasteiger partial charge in [-0.1, -0.05) is 11.6 Å². The fourth-order valence-corrected chi connectivity index (χ4v) is 1.80. The molecular formula is C12H14ClNO4. The van der Waals surface area contributed by atoms with Gasteiger partial charge in [-0.05, 0) is 0 Å². The molecule has 1 aliphatic rings. The average molecular weight is 272 g/mol. The maximum absolute atomic E-state index is 11.4. The van der Waals surface area contributed by atoms with Crippen LogP contribution in [0.5, 0.6) is 11.5 Å². The minimum atomic E-state index is -0.270. The van der Waals surface area contributed by atoms with Gasteiger partial charge in [-0.3, -0.25) is 4.79 Å². The van der Waals surface area contributed by atoms with Crippen molar-refractivity contribution in [1.82, 2.24) is 0 Å². The number of benzene rings is 1. The van der Waals surface area contributed by atoms with Crippen LogP contribution in [0.2, 0.25) is 5.02 Å². The molecule has 0 atom stereocenters. The van der Waals surface area contributed by atoms with Crippen LogP contribution in [0.25, 0.3) is 0 Å². The van der Waals surface area contributed by atoms with Gasteiger partial charge in [0.2, 0.25) is 5.91 Å². The molecule has 1 aromatic carbocycles. The molecule has 0 saturated heterocycles. The highest BCUT2D eigenvalue weighted by Gasteiger charge is 2.15. The van der Waals surface area contributed by atoms with Gasteiger partial charge >= 0.3 is 0 Å². The highest BCUT2D eigenvalue weighted by atomic mass is 35.5. The van der Waals surface area contributed by atoms with Gasteiger partial charge < -0.3 is 19.5 Å². The average Bonchev–Trinajstić information content (AvgIpc) is 2.55. The third-order valence-electron chi connectivity index (χ3n) is 2.39. The zero-order valence-electron chi connectivity index (χ0n) is 9.99. The number of ether oxygens (including phenoxy) is 3. The van der Waals surface area contributed by atoms with E-state index in [1.54, 1.807) is 12.1 Å². The van der Waals surface area contributed by atoms with Crippen LogP contribution >= 0.6 is 11.6 Å². The van der Waals surface area contributed by atoms with Crippen molar-refractivity contribution >= 4 is 23.2 Å². The van der Waals surface area contributed by atoms with E-state index in [9.17, 15) is 4.79 Å². The van der Waals surface area contributed by atoms with Crippen LogP contribution in [0.15, 0.2) is 12.1 Å². The molecule has 0 spiro atoms. The second-order valence-corrected chi connectivity index (χ2v) is 4.22. The third-order valence-corrected chi connectivity index (χ3v) is 2.70. The lowest BCUT2D eigenvalue weighted by molar-refractivity contribution is -0.119. The molecule has 0 saturated carbocycles. The Morgan fingerprint density at radius 1 is 1.39 bits per heavy atom. The molecule has 0 bridgehead atoms. The number of carbonyl (C=O) groups is 1. The summed E-state index contributed by atoms with van der Waals surface area (Å²) in [6.45, 7) is 1.16. The number of hydrogen-bond donors (Lipinski definition) is 1. The first kappa shape index (κ1) is 13.0. The molecule has 0 aliphatic carbocycles. The quantitative estimate of drug-likeness (QED) is 0.915. The molecule has 98 valence electrons. The number of anilines is 1. The molecular weight excluding hydrogens is 258 g/mol. The van der Waals surface area contributed by atoms with Gasteiger partial charge in [0.05, 0.1) is 23.9 Å². The Balaban J connectivity index is 2.21. The first-order valence-corrected chi connectivity index (χ1v) is 5.96. The van der Waals surface area contributed by atoms with Gasteiger partial charge in [0.25, 0.3) is 0 Å². The van der Waals surface area contributed by atoms with Crippen LogP contribution in [-0.4, -0.2) is 32.8 Å². The minimum absolute atomic E-state index is 0.0230. The molecule has 0 unspecified atom stereocenters. The molecule has 2 rings (SSSR count). The van der Waals surface area contributed by atoms with E-state index in [0.29, 0.717) is 35.4 Å². The summed E-state index contributed by atoms with van der Waals surface area (Å²) in [6.07, 6.45) is 0.817. The van der Waals surface area contributed by atoms with Crippen LogP contribution in [-0.2, 0) is 9.53 Å². The van der Waals surface area contributed by atoms with Crippen LogP contribution in [0.1, 0.15) is 6.42 Å². The molecule has 18 heavy (non-hydrogen) atoms. The lowest BCUT2D eigenvalue weighted by Crippen LogP contribution is -2.17. The number of halogens is 1. The van der Waals surface area contributed by atoms with Crippen LogP contribution in [0, 0.1) is 0 Å². The SMILES string of the molecule is COCC(=O)Nc1cc2c(cc1Cl)OCCCO2. The van der Waals surface area contributed by atoms with E-state index < -0.39 is 0 Å². The number of amides is 1. The molecule has 1 aromatic rings. The standard InChI is InChI=1S/C12H14ClNO4/c1-16-7-12(15)14-9-6-11-10(5-8(9)13)17-3-2-4-18-11/h5-6H,2-4,7H2,1H3,(H,14,15). The number of hydrogen-bond acceptors (Lipinski definition) is 4. The number of fused-ring (bicyclic) bond motifs is 1. The molecule has 1 heterocycles. The van der Waals surface area contributed by atoms with E-state index in [2.05, 4.69) is 5.32 Å². The Kier molecular flexibility index (Phi) is 4.28. The summed E-state index contributed by atoms with van der Waals surface area (Å²) in [5.74, 6) is 0.917. The van der Waals surface area contributed by atoms with Crippen molar-refractivity contribution < 1.29 is 19.0 Å². The molecule has 6 heteroatoms.